The van der Waals surface area contributed by atoms with Gasteiger partial charge in [0.05, 0.1) is 6.61 Å². The van der Waals surface area contributed by atoms with Gasteiger partial charge >= 0.3 is 0 Å². The molecule has 0 bridgehead atoms. The van der Waals surface area contributed by atoms with Crippen molar-refractivity contribution in [2.45, 2.75) is 6.10 Å². The summed E-state index contributed by atoms with van der Waals surface area (Å²) < 4.78 is 5.56. The SMILES string of the molecule is C=C1COC(c2ccccc2)C1=C. The summed E-state index contributed by atoms with van der Waals surface area (Å²) in [6.07, 6.45) is 0.0219. The summed E-state index contributed by atoms with van der Waals surface area (Å²) in [6, 6.07) is 10.1. The lowest BCUT2D eigenvalue weighted by atomic mass is 10.0. The molecule has 2 rings (SSSR count). The average Bonchev–Trinajstić information content (AvgIpc) is 2.49. The highest BCUT2D eigenvalue weighted by atomic mass is 16.5. The Bertz CT molecular complexity index is 337. The van der Waals surface area contributed by atoms with Crippen molar-refractivity contribution in [1.29, 1.82) is 0 Å². The Kier molecular flexibility index (Phi) is 2.03. The molecule has 0 aromatic heterocycles. The summed E-state index contributed by atoms with van der Waals surface area (Å²) in [7, 11) is 0. The third-order valence-electron chi connectivity index (χ3n) is 2.30. The number of benzene rings is 1. The van der Waals surface area contributed by atoms with Crippen LogP contribution < -0.4 is 0 Å². The molecule has 1 fully saturated rings. The zero-order valence-corrected chi connectivity index (χ0v) is 7.49. The fourth-order valence-corrected chi connectivity index (χ4v) is 1.49. The molecule has 66 valence electrons. The van der Waals surface area contributed by atoms with Crippen LogP contribution >= 0.6 is 0 Å². The first-order chi connectivity index (χ1) is 6.29. The molecule has 1 atom stereocenters. The van der Waals surface area contributed by atoms with Crippen LogP contribution in [0, 0.1) is 0 Å². The maximum absolute atomic E-state index is 5.56. The van der Waals surface area contributed by atoms with Crippen LogP contribution in [0.2, 0.25) is 0 Å². The molecule has 0 aliphatic carbocycles. The molecule has 0 saturated carbocycles. The minimum absolute atomic E-state index is 0.0219. The molecular weight excluding hydrogens is 160 g/mol. The van der Waals surface area contributed by atoms with Gasteiger partial charge in [0.25, 0.3) is 0 Å². The van der Waals surface area contributed by atoms with E-state index >= 15 is 0 Å². The largest absolute Gasteiger partial charge is 0.364 e. The summed E-state index contributed by atoms with van der Waals surface area (Å²) in [4.78, 5) is 0. The van der Waals surface area contributed by atoms with Crippen molar-refractivity contribution >= 4 is 0 Å². The Morgan fingerprint density at radius 3 is 2.38 bits per heavy atom. The summed E-state index contributed by atoms with van der Waals surface area (Å²) in [5, 5.41) is 0. The van der Waals surface area contributed by atoms with Gasteiger partial charge in [-0.3, -0.25) is 0 Å². The minimum Gasteiger partial charge on any atom is -0.364 e. The molecule has 13 heavy (non-hydrogen) atoms. The minimum atomic E-state index is 0.0219. The topological polar surface area (TPSA) is 9.23 Å². The average molecular weight is 172 g/mol. The van der Waals surface area contributed by atoms with Gasteiger partial charge in [-0.25, -0.2) is 0 Å². The molecule has 0 amide bonds. The molecular formula is C12H12O. The Labute approximate surface area is 78.3 Å². The first-order valence-corrected chi connectivity index (χ1v) is 4.32. The Hall–Kier alpha value is -1.34. The third-order valence-corrected chi connectivity index (χ3v) is 2.30. The normalized spacial score (nSPS) is 22.3. The molecule has 1 aromatic rings. The van der Waals surface area contributed by atoms with E-state index in [1.54, 1.807) is 0 Å². The lowest BCUT2D eigenvalue weighted by Crippen LogP contribution is -1.96. The van der Waals surface area contributed by atoms with Crippen LogP contribution in [0.15, 0.2) is 54.6 Å². The summed E-state index contributed by atoms with van der Waals surface area (Å²) in [5.74, 6) is 0. The van der Waals surface area contributed by atoms with E-state index in [2.05, 4.69) is 25.3 Å². The lowest BCUT2D eigenvalue weighted by Gasteiger charge is -2.09. The summed E-state index contributed by atoms with van der Waals surface area (Å²) >= 11 is 0. The van der Waals surface area contributed by atoms with Gasteiger partial charge in [-0.15, -0.1) is 0 Å². The Morgan fingerprint density at radius 1 is 1.15 bits per heavy atom. The number of ether oxygens (including phenoxy) is 1. The van der Waals surface area contributed by atoms with Gasteiger partial charge in [-0.2, -0.15) is 0 Å². The standard InChI is InChI=1S/C12H12O/c1-9-8-13-12(10(9)2)11-6-4-3-5-7-11/h3-7,12H,1-2,8H2. The van der Waals surface area contributed by atoms with E-state index in [1.807, 2.05) is 18.2 Å². The first-order valence-electron chi connectivity index (χ1n) is 4.32. The number of hydrogen-bond donors (Lipinski definition) is 0. The summed E-state index contributed by atoms with van der Waals surface area (Å²) in [5.41, 5.74) is 3.17. The molecule has 1 nitrogen and oxygen atoms in total. The lowest BCUT2D eigenvalue weighted by molar-refractivity contribution is 0.131. The van der Waals surface area contributed by atoms with E-state index in [0.29, 0.717) is 6.61 Å². The molecule has 0 N–H and O–H groups in total. The second kappa shape index (κ2) is 3.19. The highest BCUT2D eigenvalue weighted by molar-refractivity contribution is 5.39. The molecule has 1 heteroatoms. The highest BCUT2D eigenvalue weighted by Crippen LogP contribution is 2.34. The van der Waals surface area contributed by atoms with E-state index in [1.165, 1.54) is 0 Å². The highest BCUT2D eigenvalue weighted by Gasteiger charge is 2.24. The molecule has 0 radical (unpaired) electrons. The molecule has 1 saturated heterocycles. The first kappa shape index (κ1) is 8.27. The van der Waals surface area contributed by atoms with Gasteiger partial charge in [-0.1, -0.05) is 43.5 Å². The number of rotatable bonds is 1. The van der Waals surface area contributed by atoms with E-state index in [9.17, 15) is 0 Å². The van der Waals surface area contributed by atoms with Gasteiger partial charge in [0, 0.05) is 0 Å². The van der Waals surface area contributed by atoms with Crippen LogP contribution in [-0.2, 0) is 4.74 Å². The monoisotopic (exact) mass is 172 g/mol. The molecule has 1 unspecified atom stereocenters. The maximum atomic E-state index is 5.56. The quantitative estimate of drug-likeness (QED) is 0.633. The molecule has 0 spiro atoms. The van der Waals surface area contributed by atoms with Gasteiger partial charge in [0.15, 0.2) is 0 Å². The van der Waals surface area contributed by atoms with Crippen LogP contribution in [0.3, 0.4) is 0 Å². The summed E-state index contributed by atoms with van der Waals surface area (Å²) in [6.45, 7) is 8.46. The molecule has 1 aliphatic rings. The van der Waals surface area contributed by atoms with E-state index < -0.39 is 0 Å². The van der Waals surface area contributed by atoms with Gasteiger partial charge in [-0.05, 0) is 16.7 Å². The fourth-order valence-electron chi connectivity index (χ4n) is 1.49. The maximum Gasteiger partial charge on any atom is 0.108 e. The van der Waals surface area contributed by atoms with Crippen molar-refractivity contribution in [2.24, 2.45) is 0 Å². The Balaban J connectivity index is 2.29. The molecule has 1 aromatic carbocycles. The number of hydrogen-bond acceptors (Lipinski definition) is 1. The second-order valence-electron chi connectivity index (χ2n) is 3.23. The van der Waals surface area contributed by atoms with Gasteiger partial charge in [0.1, 0.15) is 6.10 Å². The van der Waals surface area contributed by atoms with Crippen LogP contribution in [0.5, 0.6) is 0 Å². The zero-order chi connectivity index (χ0) is 9.26. The van der Waals surface area contributed by atoms with Crippen LogP contribution in [0.4, 0.5) is 0 Å². The van der Waals surface area contributed by atoms with Crippen LogP contribution in [-0.4, -0.2) is 6.61 Å². The zero-order valence-electron chi connectivity index (χ0n) is 7.49. The van der Waals surface area contributed by atoms with Crippen molar-refractivity contribution in [3.63, 3.8) is 0 Å². The predicted molar refractivity (Wildman–Crippen MR) is 53.4 cm³/mol. The fraction of sp³-hybridized carbons (Fsp3) is 0.167. The third kappa shape index (κ3) is 1.43. The second-order valence-corrected chi connectivity index (χ2v) is 3.23. The van der Waals surface area contributed by atoms with Gasteiger partial charge in [0.2, 0.25) is 0 Å². The van der Waals surface area contributed by atoms with Crippen molar-refractivity contribution in [2.75, 3.05) is 6.61 Å². The van der Waals surface area contributed by atoms with E-state index in [-0.39, 0.29) is 6.10 Å². The van der Waals surface area contributed by atoms with E-state index in [4.69, 9.17) is 4.74 Å². The molecule has 1 aliphatic heterocycles. The smallest absolute Gasteiger partial charge is 0.108 e. The Morgan fingerprint density at radius 2 is 1.85 bits per heavy atom. The predicted octanol–water partition coefficient (Wildman–Crippen LogP) is 2.87. The van der Waals surface area contributed by atoms with Crippen LogP contribution in [0.25, 0.3) is 0 Å². The van der Waals surface area contributed by atoms with Crippen LogP contribution in [0.1, 0.15) is 11.7 Å². The van der Waals surface area contributed by atoms with Crippen molar-refractivity contribution < 1.29 is 4.74 Å². The van der Waals surface area contributed by atoms with Gasteiger partial charge < -0.3 is 4.74 Å². The van der Waals surface area contributed by atoms with Crippen molar-refractivity contribution in [1.82, 2.24) is 0 Å². The molecule has 1 heterocycles. The van der Waals surface area contributed by atoms with E-state index in [0.717, 1.165) is 16.7 Å². The van der Waals surface area contributed by atoms with Crippen molar-refractivity contribution in [3.05, 3.63) is 60.2 Å². The van der Waals surface area contributed by atoms with Crippen molar-refractivity contribution in [3.8, 4) is 0 Å².